The highest BCUT2D eigenvalue weighted by Gasteiger charge is 2.16. The van der Waals surface area contributed by atoms with Gasteiger partial charge in [0.2, 0.25) is 0 Å². The molecule has 0 amide bonds. The van der Waals surface area contributed by atoms with E-state index < -0.39 is 0 Å². The van der Waals surface area contributed by atoms with Gasteiger partial charge in [-0.2, -0.15) is 0 Å². The van der Waals surface area contributed by atoms with Crippen LogP contribution < -0.4 is 11.4 Å². The lowest BCUT2D eigenvalue weighted by molar-refractivity contribution is 0.215. The Kier molecular flexibility index (Phi) is 3.85. The quantitative estimate of drug-likeness (QED) is 0.865. The van der Waals surface area contributed by atoms with Crippen LogP contribution in [0.5, 0.6) is 0 Å². The van der Waals surface area contributed by atoms with Crippen LogP contribution in [0.15, 0.2) is 39.5 Å². The topological polar surface area (TPSA) is 59.5 Å². The second-order valence-corrected chi connectivity index (χ2v) is 5.52. The molecule has 2 N–H and O–H groups in total. The Hall–Kier alpha value is -1.65. The molecule has 1 saturated heterocycles. The van der Waals surface area contributed by atoms with Crippen LogP contribution in [-0.4, -0.2) is 30.6 Å². The molecule has 2 aromatic rings. The predicted molar refractivity (Wildman–Crippen MR) is 79.8 cm³/mol. The number of piperidine rings is 1. The summed E-state index contributed by atoms with van der Waals surface area (Å²) in [7, 11) is 0. The lowest BCUT2D eigenvalue weighted by Crippen LogP contribution is -2.40. The number of likely N-dealkylation sites (tertiary alicyclic amines) is 1. The standard InChI is InChI=1S/C16H20N2O2/c17-14-7-10-18(11-8-14)9-6-13-3-1-2-12-4-5-15(19)20-16(12)13/h1-5,14H,6-11,17H2. The summed E-state index contributed by atoms with van der Waals surface area (Å²) < 4.78 is 5.36. The molecule has 4 nitrogen and oxygen atoms in total. The van der Waals surface area contributed by atoms with E-state index in [1.54, 1.807) is 0 Å². The fourth-order valence-corrected chi connectivity index (χ4v) is 2.80. The van der Waals surface area contributed by atoms with Crippen LogP contribution >= 0.6 is 0 Å². The predicted octanol–water partition coefficient (Wildman–Crippen LogP) is 1.76. The van der Waals surface area contributed by atoms with Gasteiger partial charge in [0.05, 0.1) is 0 Å². The van der Waals surface area contributed by atoms with E-state index in [-0.39, 0.29) is 5.63 Å². The Morgan fingerprint density at radius 2 is 2.00 bits per heavy atom. The van der Waals surface area contributed by atoms with Crippen molar-refractivity contribution in [3.8, 4) is 0 Å². The summed E-state index contributed by atoms with van der Waals surface area (Å²) in [6.07, 6.45) is 3.05. The van der Waals surface area contributed by atoms with Gasteiger partial charge >= 0.3 is 5.63 Å². The molecule has 4 heteroatoms. The van der Waals surface area contributed by atoms with Gasteiger partial charge < -0.3 is 15.1 Å². The average molecular weight is 272 g/mol. The Balaban J connectivity index is 1.74. The minimum atomic E-state index is -0.283. The van der Waals surface area contributed by atoms with E-state index in [1.807, 2.05) is 24.3 Å². The molecule has 0 aliphatic carbocycles. The first-order valence-electron chi connectivity index (χ1n) is 7.22. The van der Waals surface area contributed by atoms with Gasteiger partial charge in [-0.25, -0.2) is 4.79 Å². The minimum absolute atomic E-state index is 0.283. The SMILES string of the molecule is NC1CCN(CCc2cccc3ccc(=O)oc23)CC1. The number of fused-ring (bicyclic) bond motifs is 1. The van der Waals surface area contributed by atoms with Crippen molar-refractivity contribution in [2.45, 2.75) is 25.3 Å². The van der Waals surface area contributed by atoms with E-state index >= 15 is 0 Å². The van der Waals surface area contributed by atoms with Crippen LogP contribution in [-0.2, 0) is 6.42 Å². The van der Waals surface area contributed by atoms with Gasteiger partial charge in [-0.3, -0.25) is 0 Å². The van der Waals surface area contributed by atoms with Crippen molar-refractivity contribution >= 4 is 11.0 Å². The number of benzene rings is 1. The molecule has 1 aliphatic heterocycles. The monoisotopic (exact) mass is 272 g/mol. The Morgan fingerprint density at radius 3 is 2.80 bits per heavy atom. The Labute approximate surface area is 118 Å². The highest BCUT2D eigenvalue weighted by atomic mass is 16.4. The molecule has 0 atom stereocenters. The molecule has 1 fully saturated rings. The zero-order valence-corrected chi connectivity index (χ0v) is 11.5. The van der Waals surface area contributed by atoms with Crippen LogP contribution in [0.2, 0.25) is 0 Å². The average Bonchev–Trinajstić information content (AvgIpc) is 2.47. The fraction of sp³-hybridized carbons (Fsp3) is 0.438. The molecule has 0 radical (unpaired) electrons. The van der Waals surface area contributed by atoms with Gasteiger partial charge in [0.1, 0.15) is 5.58 Å². The number of nitrogens with zero attached hydrogens (tertiary/aromatic N) is 1. The zero-order valence-electron chi connectivity index (χ0n) is 11.5. The molecule has 1 aromatic heterocycles. The summed E-state index contributed by atoms with van der Waals surface area (Å²) >= 11 is 0. The molecule has 0 spiro atoms. The maximum Gasteiger partial charge on any atom is 0.336 e. The number of hydrogen-bond acceptors (Lipinski definition) is 4. The molecule has 106 valence electrons. The van der Waals surface area contributed by atoms with Crippen molar-refractivity contribution in [1.29, 1.82) is 0 Å². The molecule has 0 bridgehead atoms. The third-order valence-electron chi connectivity index (χ3n) is 4.06. The number of para-hydroxylation sites is 1. The van der Waals surface area contributed by atoms with E-state index in [0.717, 1.165) is 55.4 Å². The maximum atomic E-state index is 11.4. The molecule has 3 rings (SSSR count). The first-order chi connectivity index (χ1) is 9.72. The van der Waals surface area contributed by atoms with Gasteiger partial charge in [-0.1, -0.05) is 18.2 Å². The number of rotatable bonds is 3. The van der Waals surface area contributed by atoms with Gasteiger partial charge in [-0.15, -0.1) is 0 Å². The highest BCUT2D eigenvalue weighted by molar-refractivity contribution is 5.79. The van der Waals surface area contributed by atoms with Gasteiger partial charge in [-0.05, 0) is 44.0 Å². The number of hydrogen-bond donors (Lipinski definition) is 1. The summed E-state index contributed by atoms with van der Waals surface area (Å²) in [4.78, 5) is 13.8. The lowest BCUT2D eigenvalue weighted by atomic mass is 10.0. The highest BCUT2D eigenvalue weighted by Crippen LogP contribution is 2.18. The second-order valence-electron chi connectivity index (χ2n) is 5.52. The van der Waals surface area contributed by atoms with Crippen molar-refractivity contribution in [2.75, 3.05) is 19.6 Å². The molecular formula is C16H20N2O2. The molecule has 1 aromatic carbocycles. The lowest BCUT2D eigenvalue weighted by Gasteiger charge is -2.29. The molecule has 1 aliphatic rings. The van der Waals surface area contributed by atoms with Crippen molar-refractivity contribution in [3.63, 3.8) is 0 Å². The van der Waals surface area contributed by atoms with E-state index in [1.165, 1.54) is 6.07 Å². The van der Waals surface area contributed by atoms with Crippen molar-refractivity contribution < 1.29 is 4.42 Å². The minimum Gasteiger partial charge on any atom is -0.422 e. The van der Waals surface area contributed by atoms with E-state index in [9.17, 15) is 4.79 Å². The third kappa shape index (κ3) is 2.92. The number of nitrogens with two attached hydrogens (primary N) is 1. The summed E-state index contributed by atoms with van der Waals surface area (Å²) in [6, 6.07) is 9.69. The molecule has 0 unspecified atom stereocenters. The zero-order chi connectivity index (χ0) is 13.9. The first kappa shape index (κ1) is 13.3. The summed E-state index contributed by atoms with van der Waals surface area (Å²) in [5.74, 6) is 0. The fourth-order valence-electron chi connectivity index (χ4n) is 2.80. The van der Waals surface area contributed by atoms with E-state index in [4.69, 9.17) is 10.2 Å². The molecule has 20 heavy (non-hydrogen) atoms. The summed E-state index contributed by atoms with van der Waals surface area (Å²) in [5.41, 5.74) is 7.47. The summed E-state index contributed by atoms with van der Waals surface area (Å²) in [5, 5.41) is 0.989. The van der Waals surface area contributed by atoms with Crippen LogP contribution in [0, 0.1) is 0 Å². The van der Waals surface area contributed by atoms with Crippen LogP contribution in [0.4, 0.5) is 0 Å². The van der Waals surface area contributed by atoms with Gasteiger partial charge in [0.25, 0.3) is 0 Å². The van der Waals surface area contributed by atoms with Crippen LogP contribution in [0.1, 0.15) is 18.4 Å². The van der Waals surface area contributed by atoms with Crippen LogP contribution in [0.3, 0.4) is 0 Å². The van der Waals surface area contributed by atoms with Gasteiger partial charge in [0, 0.05) is 24.0 Å². The van der Waals surface area contributed by atoms with Gasteiger partial charge in [0.15, 0.2) is 0 Å². The van der Waals surface area contributed by atoms with Crippen molar-refractivity contribution in [2.24, 2.45) is 5.73 Å². The molecule has 2 heterocycles. The molecular weight excluding hydrogens is 252 g/mol. The Bertz CT molecular complexity index is 642. The second kappa shape index (κ2) is 5.77. The van der Waals surface area contributed by atoms with Crippen LogP contribution in [0.25, 0.3) is 11.0 Å². The van der Waals surface area contributed by atoms with E-state index in [0.29, 0.717) is 6.04 Å². The van der Waals surface area contributed by atoms with E-state index in [2.05, 4.69) is 4.90 Å². The largest absolute Gasteiger partial charge is 0.422 e. The smallest absolute Gasteiger partial charge is 0.336 e. The Morgan fingerprint density at radius 1 is 1.20 bits per heavy atom. The molecule has 0 saturated carbocycles. The normalized spacial score (nSPS) is 17.6. The first-order valence-corrected chi connectivity index (χ1v) is 7.22. The van der Waals surface area contributed by atoms with Crippen molar-refractivity contribution in [1.82, 2.24) is 4.90 Å². The summed E-state index contributed by atoms with van der Waals surface area (Å²) in [6.45, 7) is 3.12. The third-order valence-corrected chi connectivity index (χ3v) is 4.06. The maximum absolute atomic E-state index is 11.4. The van der Waals surface area contributed by atoms with Crippen molar-refractivity contribution in [3.05, 3.63) is 46.3 Å².